The van der Waals surface area contributed by atoms with Gasteiger partial charge in [-0.25, -0.2) is 18.7 Å². The van der Waals surface area contributed by atoms with E-state index in [1.807, 2.05) is 0 Å². The van der Waals surface area contributed by atoms with Crippen LogP contribution in [0.1, 0.15) is 33.3 Å². The molecule has 0 spiro atoms. The van der Waals surface area contributed by atoms with E-state index in [0.29, 0.717) is 33.8 Å². The number of hydrogen-bond donors (Lipinski definition) is 1. The van der Waals surface area contributed by atoms with Crippen LogP contribution in [0.2, 0.25) is 0 Å². The molecule has 0 saturated heterocycles. The molecule has 7 nitrogen and oxygen atoms in total. The number of anilines is 2. The quantitative estimate of drug-likeness (QED) is 0.187. The predicted molar refractivity (Wildman–Crippen MR) is 136 cm³/mol. The number of ketones is 1. The summed E-state index contributed by atoms with van der Waals surface area (Å²) >= 11 is 0. The number of rotatable bonds is 2. The highest BCUT2D eigenvalue weighted by molar-refractivity contribution is 6.09. The van der Waals surface area contributed by atoms with E-state index < -0.39 is 34.8 Å². The molecule has 0 aliphatic carbocycles. The van der Waals surface area contributed by atoms with Crippen LogP contribution >= 0.6 is 0 Å². The van der Waals surface area contributed by atoms with E-state index in [4.69, 9.17) is 5.73 Å². The van der Waals surface area contributed by atoms with Crippen LogP contribution in [0, 0.1) is 18.6 Å². The SMILES string of the molecule is Cc1nc2c3c(c(C(F)(F)F)cc2n1C)-c1cccn2c(C(=O)c4cc(F)c(N)c(F)c4)nc(c12)CCN3C. The molecule has 39 heavy (non-hydrogen) atoms. The van der Waals surface area contributed by atoms with E-state index in [2.05, 4.69) is 9.97 Å². The number of nitrogen functional groups attached to an aromatic ring is 1. The summed E-state index contributed by atoms with van der Waals surface area (Å²) in [6.45, 7) is 2.00. The maximum atomic E-state index is 14.6. The Morgan fingerprint density at radius 3 is 2.44 bits per heavy atom. The first-order valence-electron chi connectivity index (χ1n) is 12.0. The van der Waals surface area contributed by atoms with Crippen LogP contribution in [0.25, 0.3) is 27.7 Å². The predicted octanol–water partition coefficient (Wildman–Crippen LogP) is 5.30. The van der Waals surface area contributed by atoms with Gasteiger partial charge in [-0.1, -0.05) is 6.07 Å². The summed E-state index contributed by atoms with van der Waals surface area (Å²) in [6.07, 6.45) is -2.92. The number of carbonyl (C=O) groups excluding carboxylic acids is 1. The van der Waals surface area contributed by atoms with Gasteiger partial charge in [0.05, 0.1) is 28.0 Å². The summed E-state index contributed by atoms with van der Waals surface area (Å²) in [5.74, 6) is -2.62. The number of aryl methyl sites for hydroxylation is 2. The van der Waals surface area contributed by atoms with Crippen molar-refractivity contribution in [2.45, 2.75) is 19.5 Å². The zero-order chi connectivity index (χ0) is 28.0. The lowest BCUT2D eigenvalue weighted by Gasteiger charge is -2.28. The summed E-state index contributed by atoms with van der Waals surface area (Å²) < 4.78 is 75.1. The number of benzene rings is 2. The van der Waals surface area contributed by atoms with E-state index >= 15 is 0 Å². The third kappa shape index (κ3) is 3.57. The van der Waals surface area contributed by atoms with Crippen LogP contribution in [0.15, 0.2) is 36.5 Å². The Balaban J connectivity index is 1.69. The second-order valence-electron chi connectivity index (χ2n) is 9.61. The van der Waals surface area contributed by atoms with E-state index in [-0.39, 0.29) is 35.5 Å². The first kappa shape index (κ1) is 24.8. The lowest BCUT2D eigenvalue weighted by Crippen LogP contribution is -2.24. The van der Waals surface area contributed by atoms with Crippen molar-refractivity contribution in [2.75, 3.05) is 24.2 Å². The molecule has 4 heterocycles. The molecule has 0 radical (unpaired) electrons. The molecule has 3 aromatic heterocycles. The number of hydrogen-bond acceptors (Lipinski definition) is 5. The summed E-state index contributed by atoms with van der Waals surface area (Å²) in [6, 6.07) is 5.78. The molecular weight excluding hydrogens is 519 g/mol. The third-order valence-corrected chi connectivity index (χ3v) is 7.30. The molecule has 0 saturated carbocycles. The fraction of sp³-hybridized carbons (Fsp3) is 0.222. The first-order chi connectivity index (χ1) is 18.4. The number of alkyl halides is 3. The molecule has 12 heteroatoms. The molecule has 1 aliphatic heterocycles. The van der Waals surface area contributed by atoms with Crippen LogP contribution < -0.4 is 10.6 Å². The Hall–Kier alpha value is -4.48. The Kier molecular flexibility index (Phi) is 5.26. The molecule has 0 atom stereocenters. The summed E-state index contributed by atoms with van der Waals surface area (Å²) in [5, 5.41) is 0. The van der Waals surface area contributed by atoms with Crippen LogP contribution in [0.5, 0.6) is 0 Å². The Morgan fingerprint density at radius 1 is 1.08 bits per heavy atom. The summed E-state index contributed by atoms with van der Waals surface area (Å²) in [5.41, 5.74) is 5.37. The number of nitrogens with two attached hydrogens (primary N) is 1. The standard InChI is InChI=1S/C27H21F5N6O/c1-12-34-22-19(37(12)3)11-15(27(30,31)32)20-14-5-4-7-38-23(14)18(6-8-36(2)24(20)22)35-26(38)25(39)13-9-16(28)21(33)17(29)10-13/h4-5,7,9-11H,6,8,33H2,1-3H3. The van der Waals surface area contributed by atoms with Gasteiger partial charge in [0.15, 0.2) is 5.82 Å². The Labute approximate surface area is 218 Å². The number of pyridine rings is 1. The van der Waals surface area contributed by atoms with Gasteiger partial charge < -0.3 is 15.2 Å². The average Bonchev–Trinajstić information content (AvgIpc) is 3.39. The molecule has 0 bridgehead atoms. The maximum absolute atomic E-state index is 14.6. The van der Waals surface area contributed by atoms with Crippen molar-refractivity contribution < 1.29 is 26.7 Å². The third-order valence-electron chi connectivity index (χ3n) is 7.30. The van der Waals surface area contributed by atoms with Gasteiger partial charge in [0, 0.05) is 49.9 Å². The summed E-state index contributed by atoms with van der Waals surface area (Å²) in [4.78, 5) is 24.2. The second kappa shape index (κ2) is 8.26. The molecule has 0 fully saturated rings. The zero-order valence-corrected chi connectivity index (χ0v) is 21.0. The van der Waals surface area contributed by atoms with Crippen LogP contribution in [0.3, 0.4) is 0 Å². The lowest BCUT2D eigenvalue weighted by molar-refractivity contribution is -0.137. The number of halogens is 5. The molecule has 1 aliphatic rings. The van der Waals surface area contributed by atoms with E-state index in [1.165, 1.54) is 16.7 Å². The van der Waals surface area contributed by atoms with Crippen molar-refractivity contribution in [3.8, 4) is 11.1 Å². The number of likely N-dealkylation sites (N-methyl/N-ethyl adjacent to an activating group) is 1. The summed E-state index contributed by atoms with van der Waals surface area (Å²) in [7, 11) is 3.35. The minimum absolute atomic E-state index is 0.0781. The highest BCUT2D eigenvalue weighted by Crippen LogP contribution is 2.48. The largest absolute Gasteiger partial charge is 0.417 e. The van der Waals surface area contributed by atoms with Crippen LogP contribution in [0.4, 0.5) is 33.3 Å². The van der Waals surface area contributed by atoms with E-state index in [1.54, 1.807) is 36.6 Å². The van der Waals surface area contributed by atoms with Crippen molar-refractivity contribution in [3.05, 3.63) is 76.6 Å². The molecule has 2 N–H and O–H groups in total. The number of fused-ring (bicyclic) bond motifs is 4. The minimum atomic E-state index is -4.71. The van der Waals surface area contributed by atoms with Gasteiger partial charge in [-0.2, -0.15) is 13.2 Å². The van der Waals surface area contributed by atoms with Crippen LogP contribution in [-0.2, 0) is 19.6 Å². The normalized spacial score (nSPS) is 13.6. The number of imidazole rings is 2. The van der Waals surface area contributed by atoms with Gasteiger partial charge in [-0.15, -0.1) is 0 Å². The van der Waals surface area contributed by atoms with Crippen LogP contribution in [-0.4, -0.2) is 38.3 Å². The highest BCUT2D eigenvalue weighted by Gasteiger charge is 2.39. The van der Waals surface area contributed by atoms with Gasteiger partial charge in [0.1, 0.15) is 28.7 Å². The fourth-order valence-corrected chi connectivity index (χ4v) is 5.27. The molecule has 0 unspecified atom stereocenters. The van der Waals surface area contributed by atoms with E-state index in [9.17, 15) is 26.7 Å². The van der Waals surface area contributed by atoms with Gasteiger partial charge in [0.2, 0.25) is 5.78 Å². The molecule has 2 aromatic carbocycles. The molecule has 200 valence electrons. The molecule has 6 rings (SSSR count). The highest BCUT2D eigenvalue weighted by atomic mass is 19.4. The number of carbonyl (C=O) groups is 1. The second-order valence-corrected chi connectivity index (χ2v) is 9.61. The van der Waals surface area contributed by atoms with Gasteiger partial charge in [-0.05, 0) is 31.2 Å². The number of aromatic nitrogens is 4. The first-order valence-corrected chi connectivity index (χ1v) is 12.0. The molecular formula is C27H21F5N6O. The number of nitrogens with zero attached hydrogens (tertiary/aromatic N) is 5. The molecule has 0 amide bonds. The minimum Gasteiger partial charge on any atom is -0.394 e. The van der Waals surface area contributed by atoms with Gasteiger partial charge in [-0.3, -0.25) is 9.20 Å². The average molecular weight is 540 g/mol. The van der Waals surface area contributed by atoms with Crippen molar-refractivity contribution in [1.82, 2.24) is 18.9 Å². The van der Waals surface area contributed by atoms with Crippen molar-refractivity contribution >= 4 is 33.7 Å². The fourth-order valence-electron chi connectivity index (χ4n) is 5.27. The Morgan fingerprint density at radius 2 is 1.77 bits per heavy atom. The zero-order valence-electron chi connectivity index (χ0n) is 21.0. The van der Waals surface area contributed by atoms with Crippen molar-refractivity contribution in [2.24, 2.45) is 7.05 Å². The van der Waals surface area contributed by atoms with E-state index in [0.717, 1.165) is 18.2 Å². The maximum Gasteiger partial charge on any atom is 0.417 e. The Bertz CT molecular complexity index is 1830. The topological polar surface area (TPSA) is 81.4 Å². The monoisotopic (exact) mass is 540 g/mol. The van der Waals surface area contributed by atoms with Gasteiger partial charge in [0.25, 0.3) is 0 Å². The van der Waals surface area contributed by atoms with Crippen molar-refractivity contribution in [1.29, 1.82) is 0 Å². The van der Waals surface area contributed by atoms with Crippen molar-refractivity contribution in [3.63, 3.8) is 0 Å². The smallest absolute Gasteiger partial charge is 0.394 e. The molecule has 5 aromatic rings. The van der Waals surface area contributed by atoms with Gasteiger partial charge >= 0.3 is 6.18 Å². The lowest BCUT2D eigenvalue weighted by atomic mass is 9.93.